The van der Waals surface area contributed by atoms with Crippen molar-refractivity contribution in [1.29, 1.82) is 0 Å². The Morgan fingerprint density at radius 1 is 1.28 bits per heavy atom. The summed E-state index contributed by atoms with van der Waals surface area (Å²) in [5, 5.41) is 10.2. The maximum atomic E-state index is 11.8. The molecule has 0 radical (unpaired) electrons. The fraction of sp³-hybridized carbons (Fsp3) is 0.0833. The van der Waals surface area contributed by atoms with Crippen molar-refractivity contribution in [3.63, 3.8) is 0 Å². The molecule has 1 N–H and O–H groups in total. The minimum absolute atomic E-state index is 0.196. The molecular weight excluding hydrogens is 254 g/mol. The highest BCUT2D eigenvalue weighted by Gasteiger charge is 2.08. The van der Waals surface area contributed by atoms with E-state index in [1.54, 1.807) is 31.4 Å². The van der Waals surface area contributed by atoms with Crippen molar-refractivity contribution in [3.05, 3.63) is 47.2 Å². The van der Waals surface area contributed by atoms with Crippen molar-refractivity contribution in [2.75, 3.05) is 12.4 Å². The van der Waals surface area contributed by atoms with E-state index in [4.69, 9.17) is 16.3 Å². The molecule has 1 aromatic carbocycles. The third-order valence-corrected chi connectivity index (χ3v) is 2.39. The minimum Gasteiger partial charge on any atom is -0.497 e. The first-order valence-electron chi connectivity index (χ1n) is 5.13. The van der Waals surface area contributed by atoms with E-state index in [1.807, 2.05) is 0 Å². The van der Waals surface area contributed by atoms with Crippen molar-refractivity contribution in [2.45, 2.75) is 0 Å². The molecule has 92 valence electrons. The Kier molecular flexibility index (Phi) is 3.74. The molecule has 5 nitrogen and oxygen atoms in total. The van der Waals surface area contributed by atoms with Crippen LogP contribution in [0.5, 0.6) is 5.75 Å². The van der Waals surface area contributed by atoms with E-state index in [1.165, 1.54) is 12.1 Å². The molecule has 0 aliphatic carbocycles. The normalized spacial score (nSPS) is 9.89. The van der Waals surface area contributed by atoms with Crippen molar-refractivity contribution in [3.8, 4) is 5.75 Å². The Morgan fingerprint density at radius 3 is 2.78 bits per heavy atom. The Morgan fingerprint density at radius 2 is 2.11 bits per heavy atom. The van der Waals surface area contributed by atoms with Crippen LogP contribution < -0.4 is 10.1 Å². The Bertz CT molecular complexity index is 558. The number of hydrogen-bond donors (Lipinski definition) is 1. The molecule has 0 saturated carbocycles. The molecule has 0 unspecified atom stereocenters. The van der Waals surface area contributed by atoms with E-state index in [2.05, 4.69) is 15.5 Å². The summed E-state index contributed by atoms with van der Waals surface area (Å²) in [6.07, 6.45) is 0. The van der Waals surface area contributed by atoms with Gasteiger partial charge in [-0.3, -0.25) is 4.79 Å². The number of aromatic nitrogens is 2. The van der Waals surface area contributed by atoms with E-state index >= 15 is 0 Å². The highest BCUT2D eigenvalue weighted by Crippen LogP contribution is 2.17. The third kappa shape index (κ3) is 2.95. The molecule has 0 aliphatic rings. The largest absolute Gasteiger partial charge is 0.497 e. The summed E-state index contributed by atoms with van der Waals surface area (Å²) < 4.78 is 5.06. The lowest BCUT2D eigenvalue weighted by Crippen LogP contribution is -2.14. The summed E-state index contributed by atoms with van der Waals surface area (Å²) in [5.41, 5.74) is 0.818. The van der Waals surface area contributed by atoms with E-state index < -0.39 is 0 Å². The minimum atomic E-state index is -0.354. The van der Waals surface area contributed by atoms with Crippen LogP contribution in [-0.2, 0) is 0 Å². The molecular formula is C12H10ClN3O2. The molecule has 0 bridgehead atoms. The van der Waals surface area contributed by atoms with E-state index in [0.717, 1.165) is 0 Å². The third-order valence-electron chi connectivity index (χ3n) is 2.19. The van der Waals surface area contributed by atoms with Gasteiger partial charge in [-0.15, -0.1) is 10.2 Å². The number of amides is 1. The lowest BCUT2D eigenvalue weighted by molar-refractivity contribution is 0.102. The molecule has 0 atom stereocenters. The molecule has 1 aromatic heterocycles. The molecule has 2 rings (SSSR count). The van der Waals surface area contributed by atoms with Gasteiger partial charge in [0, 0.05) is 11.8 Å². The van der Waals surface area contributed by atoms with Gasteiger partial charge in [0.25, 0.3) is 5.91 Å². The summed E-state index contributed by atoms with van der Waals surface area (Å²) in [7, 11) is 1.56. The predicted molar refractivity (Wildman–Crippen MR) is 68.0 cm³/mol. The molecule has 0 fully saturated rings. The van der Waals surface area contributed by atoms with Crippen molar-refractivity contribution >= 4 is 23.2 Å². The van der Waals surface area contributed by atoms with Crippen LogP contribution in [0.1, 0.15) is 10.5 Å². The summed E-state index contributed by atoms with van der Waals surface area (Å²) >= 11 is 5.59. The molecule has 2 aromatic rings. The van der Waals surface area contributed by atoms with Gasteiger partial charge in [-0.1, -0.05) is 17.7 Å². The highest BCUT2D eigenvalue weighted by molar-refractivity contribution is 6.29. The number of methoxy groups -OCH3 is 1. The lowest BCUT2D eigenvalue weighted by Gasteiger charge is -2.06. The van der Waals surface area contributed by atoms with Crippen LogP contribution in [0.15, 0.2) is 36.4 Å². The smallest absolute Gasteiger partial charge is 0.276 e. The fourth-order valence-electron chi connectivity index (χ4n) is 1.33. The quantitative estimate of drug-likeness (QED) is 0.923. The summed E-state index contributed by atoms with van der Waals surface area (Å²) in [4.78, 5) is 11.8. The van der Waals surface area contributed by atoms with Crippen LogP contribution in [0.2, 0.25) is 5.15 Å². The van der Waals surface area contributed by atoms with Gasteiger partial charge in [0.1, 0.15) is 5.75 Å². The number of nitrogens with one attached hydrogen (secondary N) is 1. The zero-order valence-electron chi connectivity index (χ0n) is 9.55. The summed E-state index contributed by atoms with van der Waals surface area (Å²) in [5.74, 6) is 0.308. The first-order chi connectivity index (χ1) is 8.69. The number of benzene rings is 1. The number of hydrogen-bond acceptors (Lipinski definition) is 4. The summed E-state index contributed by atoms with van der Waals surface area (Å²) in [6.45, 7) is 0. The van der Waals surface area contributed by atoms with Gasteiger partial charge < -0.3 is 10.1 Å². The molecule has 6 heteroatoms. The summed E-state index contributed by atoms with van der Waals surface area (Å²) in [6, 6.07) is 10.0. The van der Waals surface area contributed by atoms with Crippen LogP contribution in [0.4, 0.5) is 5.69 Å². The topological polar surface area (TPSA) is 64.1 Å². The van der Waals surface area contributed by atoms with Gasteiger partial charge >= 0.3 is 0 Å². The number of anilines is 1. The van der Waals surface area contributed by atoms with Crippen molar-refractivity contribution in [1.82, 2.24) is 10.2 Å². The average Bonchev–Trinajstić information content (AvgIpc) is 2.39. The predicted octanol–water partition coefficient (Wildman–Crippen LogP) is 2.39. The van der Waals surface area contributed by atoms with Gasteiger partial charge in [0.05, 0.1) is 7.11 Å². The second-order valence-corrected chi connectivity index (χ2v) is 3.81. The number of halogens is 1. The lowest BCUT2D eigenvalue weighted by atomic mass is 10.3. The Hall–Kier alpha value is -2.14. The maximum Gasteiger partial charge on any atom is 0.276 e. The van der Waals surface area contributed by atoms with Crippen LogP contribution in [0.3, 0.4) is 0 Å². The van der Waals surface area contributed by atoms with Crippen molar-refractivity contribution in [2.24, 2.45) is 0 Å². The standard InChI is InChI=1S/C12H10ClN3O2/c1-18-9-4-2-3-8(7-9)14-12(17)10-5-6-11(13)16-15-10/h2-7H,1H3,(H,14,17). The Balaban J connectivity index is 2.13. The second-order valence-electron chi connectivity index (χ2n) is 3.43. The van der Waals surface area contributed by atoms with E-state index in [9.17, 15) is 4.79 Å². The van der Waals surface area contributed by atoms with Crippen molar-refractivity contribution < 1.29 is 9.53 Å². The first kappa shape index (κ1) is 12.3. The van der Waals surface area contributed by atoms with Gasteiger partial charge in [0.2, 0.25) is 0 Å². The monoisotopic (exact) mass is 263 g/mol. The van der Waals surface area contributed by atoms with Gasteiger partial charge in [-0.05, 0) is 24.3 Å². The van der Waals surface area contributed by atoms with Crippen LogP contribution >= 0.6 is 11.6 Å². The number of carbonyl (C=O) groups is 1. The molecule has 18 heavy (non-hydrogen) atoms. The number of nitrogens with zero attached hydrogens (tertiary/aromatic N) is 2. The zero-order valence-corrected chi connectivity index (χ0v) is 10.3. The second kappa shape index (κ2) is 5.46. The molecule has 0 spiro atoms. The number of carbonyl (C=O) groups excluding carboxylic acids is 1. The fourth-order valence-corrected chi connectivity index (χ4v) is 1.43. The molecule has 1 heterocycles. The SMILES string of the molecule is COc1cccc(NC(=O)c2ccc(Cl)nn2)c1. The van der Waals surface area contributed by atoms with Crippen LogP contribution in [-0.4, -0.2) is 23.2 Å². The van der Waals surface area contributed by atoms with Crippen LogP contribution in [0, 0.1) is 0 Å². The molecule has 0 aliphatic heterocycles. The number of rotatable bonds is 3. The molecule has 0 saturated heterocycles. The van der Waals surface area contributed by atoms with E-state index in [0.29, 0.717) is 11.4 Å². The van der Waals surface area contributed by atoms with Gasteiger partial charge in [-0.25, -0.2) is 0 Å². The van der Waals surface area contributed by atoms with Crippen LogP contribution in [0.25, 0.3) is 0 Å². The number of ether oxygens (including phenoxy) is 1. The maximum absolute atomic E-state index is 11.8. The highest BCUT2D eigenvalue weighted by atomic mass is 35.5. The average molecular weight is 264 g/mol. The van der Waals surface area contributed by atoms with Gasteiger partial charge in [-0.2, -0.15) is 0 Å². The molecule has 1 amide bonds. The zero-order chi connectivity index (χ0) is 13.0. The first-order valence-corrected chi connectivity index (χ1v) is 5.51. The Labute approximate surface area is 109 Å². The van der Waals surface area contributed by atoms with Gasteiger partial charge in [0.15, 0.2) is 10.8 Å². The van der Waals surface area contributed by atoms with E-state index in [-0.39, 0.29) is 16.8 Å².